The van der Waals surface area contributed by atoms with Crippen molar-refractivity contribution < 1.29 is 4.74 Å². The third kappa shape index (κ3) is 7.94. The predicted molar refractivity (Wildman–Crippen MR) is 133 cm³/mol. The summed E-state index contributed by atoms with van der Waals surface area (Å²) in [6, 6.07) is 9.55. The van der Waals surface area contributed by atoms with E-state index in [2.05, 4.69) is 56.6 Å². The van der Waals surface area contributed by atoms with Crippen LogP contribution in [0.2, 0.25) is 0 Å². The number of benzene rings is 1. The minimum absolute atomic E-state index is 0. The number of halogens is 1. The Labute approximate surface area is 193 Å². The van der Waals surface area contributed by atoms with E-state index < -0.39 is 0 Å². The van der Waals surface area contributed by atoms with Gasteiger partial charge in [-0.15, -0.1) is 24.0 Å². The van der Waals surface area contributed by atoms with Gasteiger partial charge in [0.25, 0.3) is 0 Å². The number of ether oxygens (including phenoxy) is 1. The molecule has 3 rings (SSSR count). The third-order valence-corrected chi connectivity index (χ3v) is 5.85. The highest BCUT2D eigenvalue weighted by Gasteiger charge is 2.17. The molecule has 164 valence electrons. The number of nitrogens with zero attached hydrogens (tertiary/aromatic N) is 3. The van der Waals surface area contributed by atoms with Crippen LogP contribution in [0.15, 0.2) is 29.3 Å². The summed E-state index contributed by atoms with van der Waals surface area (Å²) in [4.78, 5) is 9.35. The Bertz CT molecular complexity index is 604. The molecule has 2 aliphatic heterocycles. The molecule has 7 heteroatoms. The highest BCUT2D eigenvalue weighted by molar-refractivity contribution is 14.0. The molecular formula is C22H38IN5O. The highest BCUT2D eigenvalue weighted by atomic mass is 127. The topological polar surface area (TPSA) is 52.1 Å². The van der Waals surface area contributed by atoms with Gasteiger partial charge in [-0.25, -0.2) is 0 Å². The van der Waals surface area contributed by atoms with Gasteiger partial charge in [0, 0.05) is 51.5 Å². The fourth-order valence-corrected chi connectivity index (χ4v) is 4.03. The number of rotatable bonds is 7. The van der Waals surface area contributed by atoms with Crippen LogP contribution >= 0.6 is 24.0 Å². The third-order valence-electron chi connectivity index (χ3n) is 5.85. The first-order valence-electron chi connectivity index (χ1n) is 10.9. The summed E-state index contributed by atoms with van der Waals surface area (Å²) in [6.07, 6.45) is 5.24. The van der Waals surface area contributed by atoms with Crippen molar-refractivity contribution in [2.75, 3.05) is 57.9 Å². The van der Waals surface area contributed by atoms with Crippen LogP contribution in [0.5, 0.6) is 0 Å². The molecule has 29 heavy (non-hydrogen) atoms. The molecule has 0 saturated carbocycles. The second-order valence-electron chi connectivity index (χ2n) is 7.85. The number of nitrogens with one attached hydrogen (secondary N) is 2. The summed E-state index contributed by atoms with van der Waals surface area (Å²) in [7, 11) is 1.84. The number of morpholine rings is 1. The van der Waals surface area contributed by atoms with Crippen molar-refractivity contribution >= 4 is 35.6 Å². The van der Waals surface area contributed by atoms with Crippen molar-refractivity contribution in [1.29, 1.82) is 0 Å². The smallest absolute Gasteiger partial charge is 0.191 e. The van der Waals surface area contributed by atoms with E-state index in [0.717, 1.165) is 57.8 Å². The summed E-state index contributed by atoms with van der Waals surface area (Å²) >= 11 is 0. The maximum Gasteiger partial charge on any atom is 0.191 e. The lowest BCUT2D eigenvalue weighted by Crippen LogP contribution is -2.41. The van der Waals surface area contributed by atoms with Gasteiger partial charge in [0.05, 0.1) is 13.2 Å². The highest BCUT2D eigenvalue weighted by Crippen LogP contribution is 2.17. The van der Waals surface area contributed by atoms with Crippen molar-refractivity contribution in [3.63, 3.8) is 0 Å². The second-order valence-corrected chi connectivity index (χ2v) is 7.85. The van der Waals surface area contributed by atoms with Gasteiger partial charge in [-0.3, -0.25) is 4.99 Å². The Hall–Kier alpha value is -1.06. The monoisotopic (exact) mass is 515 g/mol. The summed E-state index contributed by atoms with van der Waals surface area (Å²) in [5.74, 6) is 0.879. The minimum Gasteiger partial charge on any atom is -0.378 e. The molecular weight excluding hydrogens is 477 g/mol. The zero-order valence-electron chi connectivity index (χ0n) is 18.0. The quantitative estimate of drug-likeness (QED) is 0.253. The van der Waals surface area contributed by atoms with Gasteiger partial charge in [0.15, 0.2) is 5.96 Å². The Morgan fingerprint density at radius 1 is 1.10 bits per heavy atom. The van der Waals surface area contributed by atoms with E-state index in [9.17, 15) is 0 Å². The molecule has 6 nitrogen and oxygen atoms in total. The van der Waals surface area contributed by atoms with Crippen LogP contribution in [-0.4, -0.2) is 69.9 Å². The van der Waals surface area contributed by atoms with E-state index in [4.69, 9.17) is 4.74 Å². The number of anilines is 1. The SMILES string of the molecule is CN=C(NCCCN1CCCCC1C)NCc1ccc(N2CCOCC2)cc1.I. The second kappa shape index (κ2) is 13.3. The van der Waals surface area contributed by atoms with E-state index >= 15 is 0 Å². The number of guanidine groups is 1. The normalized spacial score (nSPS) is 20.8. The number of likely N-dealkylation sites (tertiary alicyclic amines) is 1. The first-order valence-corrected chi connectivity index (χ1v) is 10.9. The van der Waals surface area contributed by atoms with Crippen LogP contribution in [0, 0.1) is 0 Å². The summed E-state index contributed by atoms with van der Waals surface area (Å²) in [5, 5.41) is 6.87. The predicted octanol–water partition coefficient (Wildman–Crippen LogP) is 3.07. The van der Waals surface area contributed by atoms with Gasteiger partial charge in [0.2, 0.25) is 0 Å². The van der Waals surface area contributed by atoms with Crippen molar-refractivity contribution in [2.45, 2.75) is 45.2 Å². The lowest BCUT2D eigenvalue weighted by Gasteiger charge is -2.33. The maximum atomic E-state index is 5.43. The number of aliphatic imine (C=N–C) groups is 1. The summed E-state index contributed by atoms with van der Waals surface area (Å²) in [6.45, 7) is 10.1. The molecule has 1 aromatic rings. The lowest BCUT2D eigenvalue weighted by atomic mass is 10.0. The molecule has 2 saturated heterocycles. The van der Waals surface area contributed by atoms with Crippen LogP contribution in [0.3, 0.4) is 0 Å². The Morgan fingerprint density at radius 3 is 2.55 bits per heavy atom. The molecule has 1 aromatic carbocycles. The summed E-state index contributed by atoms with van der Waals surface area (Å²) in [5.41, 5.74) is 2.54. The molecule has 1 atom stereocenters. The van der Waals surface area contributed by atoms with Crippen LogP contribution < -0.4 is 15.5 Å². The standard InChI is InChI=1S/C22H37N5O.HI/c1-19-6-3-4-12-26(19)13-5-11-24-22(23-2)25-18-20-7-9-21(10-8-20)27-14-16-28-17-15-27;/h7-10,19H,3-6,11-18H2,1-2H3,(H2,23,24,25);1H. The Kier molecular flexibility index (Phi) is 11.1. The van der Waals surface area contributed by atoms with Gasteiger partial charge in [-0.2, -0.15) is 0 Å². The van der Waals surface area contributed by atoms with Gasteiger partial charge >= 0.3 is 0 Å². The molecule has 2 aliphatic rings. The van der Waals surface area contributed by atoms with E-state index in [-0.39, 0.29) is 24.0 Å². The molecule has 0 bridgehead atoms. The number of piperidine rings is 1. The van der Waals surface area contributed by atoms with Crippen molar-refractivity contribution in [3.8, 4) is 0 Å². The summed E-state index contributed by atoms with van der Waals surface area (Å²) < 4.78 is 5.43. The zero-order chi connectivity index (χ0) is 19.6. The molecule has 0 radical (unpaired) electrons. The minimum atomic E-state index is 0. The van der Waals surface area contributed by atoms with Crippen molar-refractivity contribution in [3.05, 3.63) is 29.8 Å². The van der Waals surface area contributed by atoms with Crippen molar-refractivity contribution in [2.24, 2.45) is 4.99 Å². The van der Waals surface area contributed by atoms with E-state index in [0.29, 0.717) is 0 Å². The lowest BCUT2D eigenvalue weighted by molar-refractivity contribution is 0.122. The molecule has 1 unspecified atom stereocenters. The molecule has 0 aliphatic carbocycles. The largest absolute Gasteiger partial charge is 0.378 e. The number of hydrogen-bond donors (Lipinski definition) is 2. The first kappa shape index (κ1) is 24.2. The molecule has 2 heterocycles. The fraction of sp³-hybridized carbons (Fsp3) is 0.682. The van der Waals surface area contributed by atoms with Crippen LogP contribution in [0.1, 0.15) is 38.2 Å². The van der Waals surface area contributed by atoms with Gasteiger partial charge in [-0.05, 0) is 50.4 Å². The van der Waals surface area contributed by atoms with E-state index in [1.165, 1.54) is 43.6 Å². The molecule has 0 aromatic heterocycles. The molecule has 2 N–H and O–H groups in total. The van der Waals surface area contributed by atoms with Crippen LogP contribution in [-0.2, 0) is 11.3 Å². The molecule has 0 spiro atoms. The zero-order valence-corrected chi connectivity index (χ0v) is 20.4. The van der Waals surface area contributed by atoms with E-state index in [1.54, 1.807) is 0 Å². The van der Waals surface area contributed by atoms with Crippen LogP contribution in [0.25, 0.3) is 0 Å². The van der Waals surface area contributed by atoms with Gasteiger partial charge in [-0.1, -0.05) is 18.6 Å². The van der Waals surface area contributed by atoms with Crippen molar-refractivity contribution in [1.82, 2.24) is 15.5 Å². The Morgan fingerprint density at radius 2 is 1.86 bits per heavy atom. The Balaban J connectivity index is 0.00000300. The average Bonchev–Trinajstić information content (AvgIpc) is 2.75. The number of hydrogen-bond acceptors (Lipinski definition) is 4. The van der Waals surface area contributed by atoms with Crippen LogP contribution in [0.4, 0.5) is 5.69 Å². The average molecular weight is 515 g/mol. The molecule has 0 amide bonds. The molecule has 2 fully saturated rings. The van der Waals surface area contributed by atoms with Gasteiger partial charge in [0.1, 0.15) is 0 Å². The van der Waals surface area contributed by atoms with Gasteiger partial charge < -0.3 is 25.2 Å². The van der Waals surface area contributed by atoms with E-state index in [1.807, 2.05) is 7.05 Å². The fourth-order valence-electron chi connectivity index (χ4n) is 4.03. The first-order chi connectivity index (χ1) is 13.8. The maximum absolute atomic E-state index is 5.43.